The quantitative estimate of drug-likeness (QED) is 0.456. The molecule has 3 N–H and O–H groups in total. The minimum absolute atomic E-state index is 0.0433. The monoisotopic (exact) mass is 469 g/mol. The van der Waals surface area contributed by atoms with Crippen molar-refractivity contribution in [3.63, 3.8) is 0 Å². The molecule has 3 aromatic carbocycles. The number of alkyl carbamates (subject to hydrolysis) is 1. The van der Waals surface area contributed by atoms with E-state index in [1.807, 2.05) is 54.6 Å². The third kappa shape index (κ3) is 5.47. The number of nitriles is 1. The van der Waals surface area contributed by atoms with Crippen molar-refractivity contribution in [1.29, 1.82) is 5.26 Å². The highest BCUT2D eigenvalue weighted by atomic mass is 16.5. The summed E-state index contributed by atoms with van der Waals surface area (Å²) in [6, 6.07) is 23.1. The number of carboxylic acids is 1. The van der Waals surface area contributed by atoms with Crippen LogP contribution in [0.3, 0.4) is 0 Å². The standard InChI is InChI=1S/C27H23N3O5/c28-14-13-17-9-11-18(12-10-17)29-26(33)24(15-25(31)32)30-27(34)35-16-23-21-7-3-1-5-19(21)20-6-2-4-8-22(20)23/h1-12,23-24H,13,15-16H2,(H,29,33)(H,30,34)(H,31,32). The second-order valence-electron chi connectivity index (χ2n) is 8.14. The lowest BCUT2D eigenvalue weighted by Crippen LogP contribution is -2.45. The molecule has 3 aromatic rings. The van der Waals surface area contributed by atoms with Crippen LogP contribution in [0.4, 0.5) is 10.5 Å². The zero-order chi connectivity index (χ0) is 24.8. The smallest absolute Gasteiger partial charge is 0.407 e. The fourth-order valence-corrected chi connectivity index (χ4v) is 4.19. The Morgan fingerprint density at radius 1 is 0.943 bits per heavy atom. The molecule has 0 radical (unpaired) electrons. The van der Waals surface area contributed by atoms with Crippen LogP contribution in [0.5, 0.6) is 0 Å². The number of aliphatic carboxylic acids is 1. The van der Waals surface area contributed by atoms with Crippen LogP contribution < -0.4 is 10.6 Å². The van der Waals surface area contributed by atoms with Gasteiger partial charge in [0, 0.05) is 11.6 Å². The van der Waals surface area contributed by atoms with Gasteiger partial charge in [0.25, 0.3) is 0 Å². The number of benzene rings is 3. The Balaban J connectivity index is 1.40. The van der Waals surface area contributed by atoms with Crippen molar-refractivity contribution in [3.05, 3.63) is 89.5 Å². The van der Waals surface area contributed by atoms with E-state index >= 15 is 0 Å². The van der Waals surface area contributed by atoms with E-state index in [9.17, 15) is 19.5 Å². The lowest BCUT2D eigenvalue weighted by Gasteiger charge is -2.19. The number of amides is 2. The first-order valence-electron chi connectivity index (χ1n) is 11.1. The summed E-state index contributed by atoms with van der Waals surface area (Å²) in [4.78, 5) is 36.5. The van der Waals surface area contributed by atoms with Crippen molar-refractivity contribution < 1.29 is 24.2 Å². The van der Waals surface area contributed by atoms with Crippen molar-refractivity contribution in [2.75, 3.05) is 11.9 Å². The Bertz CT molecular complexity index is 1250. The number of hydrogen-bond donors (Lipinski definition) is 3. The van der Waals surface area contributed by atoms with Crippen LogP contribution in [-0.2, 0) is 20.7 Å². The summed E-state index contributed by atoms with van der Waals surface area (Å²) in [5.41, 5.74) is 5.45. The Kier molecular flexibility index (Phi) is 7.07. The van der Waals surface area contributed by atoms with E-state index in [1.165, 1.54) is 0 Å². The molecule has 0 saturated heterocycles. The maximum Gasteiger partial charge on any atom is 0.407 e. The van der Waals surface area contributed by atoms with Crippen LogP contribution >= 0.6 is 0 Å². The first-order chi connectivity index (χ1) is 17.0. The number of rotatable bonds is 8. The highest BCUT2D eigenvalue weighted by molar-refractivity contribution is 5.98. The Morgan fingerprint density at radius 3 is 2.11 bits per heavy atom. The molecule has 1 atom stereocenters. The summed E-state index contributed by atoms with van der Waals surface area (Å²) in [7, 11) is 0. The van der Waals surface area contributed by atoms with Gasteiger partial charge in [-0.15, -0.1) is 0 Å². The molecule has 0 aromatic heterocycles. The fourth-order valence-electron chi connectivity index (χ4n) is 4.19. The number of carbonyl (C=O) groups is 3. The molecule has 8 nitrogen and oxygen atoms in total. The van der Waals surface area contributed by atoms with Crippen molar-refractivity contribution in [1.82, 2.24) is 5.32 Å². The second-order valence-corrected chi connectivity index (χ2v) is 8.14. The lowest BCUT2D eigenvalue weighted by atomic mass is 9.98. The highest BCUT2D eigenvalue weighted by Gasteiger charge is 2.30. The van der Waals surface area contributed by atoms with E-state index in [4.69, 9.17) is 10.00 Å². The van der Waals surface area contributed by atoms with Gasteiger partial charge in [-0.25, -0.2) is 4.79 Å². The molecule has 0 aliphatic heterocycles. The van der Waals surface area contributed by atoms with E-state index in [-0.39, 0.29) is 18.9 Å². The van der Waals surface area contributed by atoms with E-state index < -0.39 is 30.4 Å². The molecule has 0 bridgehead atoms. The molecule has 0 saturated carbocycles. The molecule has 8 heteroatoms. The summed E-state index contributed by atoms with van der Waals surface area (Å²) in [6.45, 7) is 0.0433. The molecule has 2 amide bonds. The fraction of sp³-hybridized carbons (Fsp3) is 0.185. The van der Waals surface area contributed by atoms with Gasteiger partial charge in [0.15, 0.2) is 0 Å². The van der Waals surface area contributed by atoms with Gasteiger partial charge >= 0.3 is 12.1 Å². The van der Waals surface area contributed by atoms with Gasteiger partial charge in [0.2, 0.25) is 5.91 Å². The number of hydrogen-bond acceptors (Lipinski definition) is 5. The van der Waals surface area contributed by atoms with Gasteiger partial charge in [-0.1, -0.05) is 60.7 Å². The molecular weight excluding hydrogens is 446 g/mol. The predicted molar refractivity (Wildman–Crippen MR) is 129 cm³/mol. The minimum atomic E-state index is -1.33. The van der Waals surface area contributed by atoms with Crippen LogP contribution in [0.15, 0.2) is 72.8 Å². The van der Waals surface area contributed by atoms with E-state index in [0.29, 0.717) is 5.69 Å². The second kappa shape index (κ2) is 10.5. The zero-order valence-corrected chi connectivity index (χ0v) is 18.7. The molecule has 0 fully saturated rings. The van der Waals surface area contributed by atoms with Gasteiger partial charge in [-0.2, -0.15) is 5.26 Å². The summed E-state index contributed by atoms with van der Waals surface area (Å²) in [6.07, 6.45) is -1.25. The number of carbonyl (C=O) groups excluding carboxylic acids is 2. The number of nitrogens with zero attached hydrogens (tertiary/aromatic N) is 1. The maximum absolute atomic E-state index is 12.7. The average molecular weight is 469 g/mol. The van der Waals surface area contributed by atoms with Gasteiger partial charge in [-0.05, 0) is 39.9 Å². The number of fused-ring (bicyclic) bond motifs is 3. The van der Waals surface area contributed by atoms with Crippen molar-refractivity contribution in [2.24, 2.45) is 0 Å². The van der Waals surface area contributed by atoms with E-state index in [2.05, 4.69) is 10.6 Å². The van der Waals surface area contributed by atoms with Gasteiger partial charge < -0.3 is 20.5 Å². The van der Waals surface area contributed by atoms with Crippen molar-refractivity contribution >= 4 is 23.7 Å². The number of nitrogens with one attached hydrogen (secondary N) is 2. The normalized spacial score (nSPS) is 12.5. The van der Waals surface area contributed by atoms with Crippen LogP contribution in [0.1, 0.15) is 29.0 Å². The summed E-state index contributed by atoms with van der Waals surface area (Å²) in [5, 5.41) is 22.9. The van der Waals surface area contributed by atoms with Crippen molar-refractivity contribution in [2.45, 2.75) is 24.8 Å². The van der Waals surface area contributed by atoms with Crippen molar-refractivity contribution in [3.8, 4) is 17.2 Å². The number of ether oxygens (including phenoxy) is 1. The summed E-state index contributed by atoms with van der Waals surface area (Å²) in [5.74, 6) is -2.09. The van der Waals surface area contributed by atoms with E-state index in [0.717, 1.165) is 27.8 Å². The Hall–Kier alpha value is -4.64. The minimum Gasteiger partial charge on any atom is -0.481 e. The lowest BCUT2D eigenvalue weighted by molar-refractivity contribution is -0.139. The van der Waals surface area contributed by atoms with Gasteiger partial charge in [0.05, 0.1) is 18.9 Å². The maximum atomic E-state index is 12.7. The van der Waals surface area contributed by atoms with Gasteiger partial charge in [-0.3, -0.25) is 9.59 Å². The molecule has 1 unspecified atom stereocenters. The predicted octanol–water partition coefficient (Wildman–Crippen LogP) is 4.07. The molecule has 176 valence electrons. The van der Waals surface area contributed by atoms with E-state index in [1.54, 1.807) is 24.3 Å². The van der Waals surface area contributed by atoms with Crippen LogP contribution in [0.25, 0.3) is 11.1 Å². The number of carboxylic acid groups (broad SMARTS) is 1. The first kappa shape index (κ1) is 23.5. The SMILES string of the molecule is N#CCc1ccc(NC(=O)C(CC(=O)O)NC(=O)OCC2c3ccccc3-c3ccccc32)cc1. The topological polar surface area (TPSA) is 129 Å². The van der Waals surface area contributed by atoms with Crippen LogP contribution in [0.2, 0.25) is 0 Å². The molecule has 1 aliphatic carbocycles. The molecule has 1 aliphatic rings. The van der Waals surface area contributed by atoms with Crippen LogP contribution in [-0.4, -0.2) is 35.7 Å². The highest BCUT2D eigenvalue weighted by Crippen LogP contribution is 2.44. The zero-order valence-electron chi connectivity index (χ0n) is 18.7. The molecule has 0 spiro atoms. The summed E-state index contributed by atoms with van der Waals surface area (Å²) >= 11 is 0. The van der Waals surface area contributed by atoms with Gasteiger partial charge in [0.1, 0.15) is 12.6 Å². The molecular formula is C27H23N3O5. The summed E-state index contributed by atoms with van der Waals surface area (Å²) < 4.78 is 5.44. The number of anilines is 1. The largest absolute Gasteiger partial charge is 0.481 e. The molecule has 35 heavy (non-hydrogen) atoms. The van der Waals surface area contributed by atoms with Crippen LogP contribution in [0, 0.1) is 11.3 Å². The Morgan fingerprint density at radius 2 is 1.54 bits per heavy atom. The third-order valence-corrected chi connectivity index (χ3v) is 5.84. The molecule has 0 heterocycles. The Labute approximate surface area is 202 Å². The first-order valence-corrected chi connectivity index (χ1v) is 11.1. The third-order valence-electron chi connectivity index (χ3n) is 5.84. The average Bonchev–Trinajstić information content (AvgIpc) is 3.17. The molecule has 4 rings (SSSR count).